The van der Waals surface area contributed by atoms with Gasteiger partial charge in [-0.3, -0.25) is 9.48 Å². The first-order valence-corrected chi connectivity index (χ1v) is 8.69. The molecule has 1 aromatic carbocycles. The maximum Gasteiger partial charge on any atom is 0.262 e. The molecule has 5 nitrogen and oxygen atoms in total. The third-order valence-corrected chi connectivity index (χ3v) is 4.34. The van der Waals surface area contributed by atoms with Crippen molar-refractivity contribution in [1.29, 1.82) is 0 Å². The minimum Gasteiger partial charge on any atom is -0.494 e. The average Bonchev–Trinajstić information content (AvgIpc) is 2.98. The number of methoxy groups -OCH3 is 1. The predicted molar refractivity (Wildman–Crippen MR) is 95.6 cm³/mol. The summed E-state index contributed by atoms with van der Waals surface area (Å²) in [6.07, 6.45) is -0.658. The Kier molecular flexibility index (Phi) is 6.87. The van der Waals surface area contributed by atoms with E-state index in [9.17, 15) is 18.0 Å². The third kappa shape index (κ3) is 5.02. The van der Waals surface area contributed by atoms with Crippen LogP contribution in [0.3, 0.4) is 0 Å². The van der Waals surface area contributed by atoms with Gasteiger partial charge in [0.15, 0.2) is 11.6 Å². The van der Waals surface area contributed by atoms with Gasteiger partial charge in [-0.15, -0.1) is 0 Å². The molecule has 2 aromatic rings. The van der Waals surface area contributed by atoms with Gasteiger partial charge in [0.1, 0.15) is 6.04 Å². The number of alkyl halides is 2. The van der Waals surface area contributed by atoms with Crippen LogP contribution in [-0.4, -0.2) is 29.2 Å². The molecular weight excluding hydrogens is 359 g/mol. The lowest BCUT2D eigenvalue weighted by Gasteiger charge is -2.19. The van der Waals surface area contributed by atoms with Gasteiger partial charge in [0.2, 0.25) is 0 Å². The van der Waals surface area contributed by atoms with Crippen molar-refractivity contribution >= 4 is 5.91 Å². The fourth-order valence-electron chi connectivity index (χ4n) is 2.66. The molecule has 148 valence electrons. The van der Waals surface area contributed by atoms with Gasteiger partial charge < -0.3 is 10.1 Å². The zero-order valence-electron chi connectivity index (χ0n) is 15.8. The molecule has 0 fully saturated rings. The lowest BCUT2D eigenvalue weighted by molar-refractivity contribution is 0.0742. The van der Waals surface area contributed by atoms with E-state index in [-0.39, 0.29) is 16.9 Å². The van der Waals surface area contributed by atoms with E-state index in [1.54, 1.807) is 11.6 Å². The number of ether oxygens (including phenoxy) is 1. The van der Waals surface area contributed by atoms with Gasteiger partial charge >= 0.3 is 0 Å². The SMILES string of the molecule is COc1ccc(C(NC(=O)c2cnn(CCC(C)C)c2C)C(F)F)cc1F. The third-order valence-electron chi connectivity index (χ3n) is 4.34. The quantitative estimate of drug-likeness (QED) is 0.746. The van der Waals surface area contributed by atoms with Crippen LogP contribution in [0, 0.1) is 18.7 Å². The van der Waals surface area contributed by atoms with Crippen molar-refractivity contribution in [3.05, 3.63) is 47.0 Å². The Morgan fingerprint density at radius 3 is 2.59 bits per heavy atom. The molecule has 0 bridgehead atoms. The number of halogens is 3. The first kappa shape index (κ1) is 20.8. The molecule has 27 heavy (non-hydrogen) atoms. The van der Waals surface area contributed by atoms with E-state index in [4.69, 9.17) is 4.74 Å². The van der Waals surface area contributed by atoms with Crippen molar-refractivity contribution in [1.82, 2.24) is 15.1 Å². The van der Waals surface area contributed by atoms with E-state index in [0.29, 0.717) is 18.2 Å². The number of amides is 1. The van der Waals surface area contributed by atoms with Crippen molar-refractivity contribution in [2.75, 3.05) is 7.11 Å². The fourth-order valence-corrected chi connectivity index (χ4v) is 2.66. The number of nitrogens with zero attached hydrogens (tertiary/aromatic N) is 2. The number of carbonyl (C=O) groups excluding carboxylic acids is 1. The first-order chi connectivity index (χ1) is 12.7. The summed E-state index contributed by atoms with van der Waals surface area (Å²) in [4.78, 5) is 12.5. The molecule has 1 heterocycles. The van der Waals surface area contributed by atoms with E-state index >= 15 is 0 Å². The molecule has 0 radical (unpaired) electrons. The number of aryl methyl sites for hydroxylation is 1. The van der Waals surface area contributed by atoms with E-state index in [1.165, 1.54) is 25.4 Å². The highest BCUT2D eigenvalue weighted by atomic mass is 19.3. The Morgan fingerprint density at radius 1 is 1.33 bits per heavy atom. The van der Waals surface area contributed by atoms with Crippen molar-refractivity contribution < 1.29 is 22.7 Å². The van der Waals surface area contributed by atoms with Crippen LogP contribution in [0.2, 0.25) is 0 Å². The molecule has 1 unspecified atom stereocenters. The van der Waals surface area contributed by atoms with E-state index in [0.717, 1.165) is 12.5 Å². The maximum absolute atomic E-state index is 13.9. The van der Waals surface area contributed by atoms with E-state index in [1.807, 2.05) is 0 Å². The van der Waals surface area contributed by atoms with Crippen LogP contribution in [0.4, 0.5) is 13.2 Å². The zero-order valence-corrected chi connectivity index (χ0v) is 15.8. The highest BCUT2D eigenvalue weighted by Gasteiger charge is 2.27. The number of benzene rings is 1. The summed E-state index contributed by atoms with van der Waals surface area (Å²) in [6.45, 7) is 6.51. The summed E-state index contributed by atoms with van der Waals surface area (Å²) in [6, 6.07) is 1.85. The monoisotopic (exact) mass is 383 g/mol. The molecule has 0 aliphatic rings. The van der Waals surface area contributed by atoms with Crippen molar-refractivity contribution in [2.24, 2.45) is 5.92 Å². The van der Waals surface area contributed by atoms with Gasteiger partial charge in [0.05, 0.1) is 18.9 Å². The molecule has 1 N–H and O–H groups in total. The number of carbonyl (C=O) groups is 1. The second kappa shape index (κ2) is 8.92. The fraction of sp³-hybridized carbons (Fsp3) is 0.474. The van der Waals surface area contributed by atoms with Gasteiger partial charge in [-0.25, -0.2) is 13.2 Å². The minimum absolute atomic E-state index is 0.0403. The maximum atomic E-state index is 13.9. The molecule has 1 aromatic heterocycles. The largest absolute Gasteiger partial charge is 0.494 e. The number of hydrogen-bond acceptors (Lipinski definition) is 3. The Labute approximate surface area is 156 Å². The minimum atomic E-state index is -2.90. The van der Waals surface area contributed by atoms with Crippen LogP contribution in [0.1, 0.15) is 47.9 Å². The summed E-state index contributed by atoms with van der Waals surface area (Å²) in [7, 11) is 1.28. The number of rotatable bonds is 8. The van der Waals surface area contributed by atoms with Crippen LogP contribution in [0.15, 0.2) is 24.4 Å². The van der Waals surface area contributed by atoms with Crippen LogP contribution >= 0.6 is 0 Å². The van der Waals surface area contributed by atoms with Gasteiger partial charge in [-0.2, -0.15) is 5.10 Å². The van der Waals surface area contributed by atoms with Gasteiger partial charge in [0, 0.05) is 12.2 Å². The number of aromatic nitrogens is 2. The molecule has 1 atom stereocenters. The molecule has 2 rings (SSSR count). The highest BCUT2D eigenvalue weighted by Crippen LogP contribution is 2.26. The highest BCUT2D eigenvalue weighted by molar-refractivity contribution is 5.95. The summed E-state index contributed by atoms with van der Waals surface area (Å²) in [5.41, 5.74) is 0.780. The number of nitrogens with one attached hydrogen (secondary N) is 1. The lowest BCUT2D eigenvalue weighted by atomic mass is 10.1. The smallest absolute Gasteiger partial charge is 0.262 e. The first-order valence-electron chi connectivity index (χ1n) is 8.69. The van der Waals surface area contributed by atoms with Gasteiger partial charge in [0.25, 0.3) is 12.3 Å². The van der Waals surface area contributed by atoms with Crippen LogP contribution < -0.4 is 10.1 Å². The van der Waals surface area contributed by atoms with Crippen LogP contribution in [-0.2, 0) is 6.54 Å². The molecule has 1 amide bonds. The summed E-state index contributed by atoms with van der Waals surface area (Å²) in [5, 5.41) is 6.45. The Balaban J connectivity index is 2.19. The Hall–Kier alpha value is -2.51. The zero-order chi connectivity index (χ0) is 20.1. The topological polar surface area (TPSA) is 56.1 Å². The normalized spacial score (nSPS) is 12.5. The number of hydrogen-bond donors (Lipinski definition) is 1. The molecule has 0 saturated carbocycles. The average molecular weight is 383 g/mol. The van der Waals surface area contributed by atoms with Crippen LogP contribution in [0.5, 0.6) is 5.75 Å². The molecule has 0 aliphatic carbocycles. The summed E-state index contributed by atoms with van der Waals surface area (Å²) in [5.74, 6) is -1.03. The predicted octanol–water partition coefficient (Wildman–Crippen LogP) is 4.12. The van der Waals surface area contributed by atoms with Gasteiger partial charge in [-0.1, -0.05) is 19.9 Å². The molecule has 0 saturated heterocycles. The molecule has 0 aliphatic heterocycles. The Morgan fingerprint density at radius 2 is 2.04 bits per heavy atom. The van der Waals surface area contributed by atoms with Crippen molar-refractivity contribution in [3.63, 3.8) is 0 Å². The molecular formula is C19H24F3N3O2. The Bertz CT molecular complexity index is 791. The van der Waals surface area contributed by atoms with E-state index < -0.39 is 24.2 Å². The van der Waals surface area contributed by atoms with Crippen molar-refractivity contribution in [3.8, 4) is 5.75 Å². The van der Waals surface area contributed by atoms with Gasteiger partial charge in [-0.05, 0) is 37.0 Å². The van der Waals surface area contributed by atoms with Crippen molar-refractivity contribution in [2.45, 2.75) is 46.2 Å². The molecule has 8 heteroatoms. The second-order valence-electron chi connectivity index (χ2n) is 6.73. The van der Waals surface area contributed by atoms with E-state index in [2.05, 4.69) is 24.3 Å². The standard InChI is InChI=1S/C19H24F3N3O2/c1-11(2)7-8-25-12(3)14(10-23-25)19(26)24-17(18(21)22)13-5-6-16(27-4)15(20)9-13/h5-6,9-11,17-18H,7-8H2,1-4H3,(H,24,26). The molecule has 0 spiro atoms. The second-order valence-corrected chi connectivity index (χ2v) is 6.73. The lowest BCUT2D eigenvalue weighted by Crippen LogP contribution is -2.33. The summed E-state index contributed by atoms with van der Waals surface area (Å²) < 4.78 is 47.3. The van der Waals surface area contributed by atoms with Crippen LogP contribution in [0.25, 0.3) is 0 Å². The summed E-state index contributed by atoms with van der Waals surface area (Å²) >= 11 is 0.